The molecule has 1 aliphatic heterocycles. The second-order valence-electron chi connectivity index (χ2n) is 6.65. The summed E-state index contributed by atoms with van der Waals surface area (Å²) in [5, 5.41) is 8.34. The summed E-state index contributed by atoms with van der Waals surface area (Å²) in [5.74, 6) is 0. The van der Waals surface area contributed by atoms with Crippen molar-refractivity contribution in [2.45, 2.75) is 54.7 Å². The van der Waals surface area contributed by atoms with Gasteiger partial charge in [0.15, 0.2) is 0 Å². The van der Waals surface area contributed by atoms with Gasteiger partial charge >= 0.3 is 0 Å². The van der Waals surface area contributed by atoms with Crippen molar-refractivity contribution in [2.75, 3.05) is 13.1 Å². The van der Waals surface area contributed by atoms with Gasteiger partial charge in [0.05, 0.1) is 11.4 Å². The number of thiophene rings is 1. The molecule has 11 heteroatoms. The van der Waals surface area contributed by atoms with Crippen LogP contribution in [-0.2, 0) is 20.0 Å². The Labute approximate surface area is 164 Å². The van der Waals surface area contributed by atoms with Gasteiger partial charge in [-0.25, -0.2) is 21.6 Å². The maximum atomic E-state index is 12.9. The van der Waals surface area contributed by atoms with E-state index in [0.717, 1.165) is 19.3 Å². The van der Waals surface area contributed by atoms with Crippen LogP contribution in [0.15, 0.2) is 26.6 Å². The third-order valence-corrected chi connectivity index (χ3v) is 9.78. The first-order chi connectivity index (χ1) is 12.7. The van der Waals surface area contributed by atoms with E-state index in [0.29, 0.717) is 28.6 Å². The summed E-state index contributed by atoms with van der Waals surface area (Å²) >= 11 is 1.20. The molecule has 0 saturated carbocycles. The van der Waals surface area contributed by atoms with Crippen molar-refractivity contribution < 1.29 is 16.8 Å². The molecule has 1 aliphatic rings. The van der Waals surface area contributed by atoms with Crippen LogP contribution in [0.25, 0.3) is 0 Å². The highest BCUT2D eigenvalue weighted by Gasteiger charge is 2.34. The summed E-state index contributed by atoms with van der Waals surface area (Å²) in [5.41, 5.74) is 0.902. The molecule has 2 aromatic rings. The van der Waals surface area contributed by atoms with Gasteiger partial charge in [0.1, 0.15) is 9.10 Å². The smallest absolute Gasteiger partial charge is 0.252 e. The van der Waals surface area contributed by atoms with Crippen LogP contribution in [0.5, 0.6) is 0 Å². The molecule has 1 fully saturated rings. The Hall–Kier alpha value is -1.27. The molecule has 150 valence electrons. The molecular formula is C16H24N4O4S3. The van der Waals surface area contributed by atoms with Gasteiger partial charge in [0, 0.05) is 19.1 Å². The number of aromatic nitrogens is 2. The maximum Gasteiger partial charge on any atom is 0.252 e. The van der Waals surface area contributed by atoms with Gasteiger partial charge < -0.3 is 0 Å². The standard InChI is InChI=1S/C16H24N4O4S3/c1-12-16(13(2)19-18-12)26(21,22)17-9-8-14-6-3-4-10-20(14)27(23,24)15-7-5-11-25-15/h5,7,11,14,17H,3-4,6,8-10H2,1-2H3,(H,18,19). The molecular weight excluding hydrogens is 408 g/mol. The second kappa shape index (κ2) is 8.00. The largest absolute Gasteiger partial charge is 0.281 e. The molecule has 8 nitrogen and oxygen atoms in total. The average molecular weight is 433 g/mol. The van der Waals surface area contributed by atoms with Gasteiger partial charge in [-0.3, -0.25) is 5.10 Å². The highest BCUT2D eigenvalue weighted by molar-refractivity contribution is 7.91. The van der Waals surface area contributed by atoms with E-state index in [9.17, 15) is 16.8 Å². The van der Waals surface area contributed by atoms with E-state index in [1.54, 1.807) is 31.4 Å². The summed E-state index contributed by atoms with van der Waals surface area (Å²) in [6, 6.07) is 3.12. The van der Waals surface area contributed by atoms with Crippen LogP contribution in [0.4, 0.5) is 0 Å². The number of H-pyrrole nitrogens is 1. The number of nitrogens with one attached hydrogen (secondary N) is 2. The van der Waals surface area contributed by atoms with Gasteiger partial charge in [-0.1, -0.05) is 12.5 Å². The number of rotatable bonds is 7. The minimum Gasteiger partial charge on any atom is -0.281 e. The lowest BCUT2D eigenvalue weighted by Crippen LogP contribution is -2.44. The molecule has 0 bridgehead atoms. The molecule has 1 unspecified atom stereocenters. The zero-order chi connectivity index (χ0) is 19.7. The van der Waals surface area contributed by atoms with Crippen LogP contribution in [-0.4, -0.2) is 50.5 Å². The predicted octanol–water partition coefficient (Wildman–Crippen LogP) is 2.00. The molecule has 3 rings (SSSR count). The fourth-order valence-electron chi connectivity index (χ4n) is 3.47. The van der Waals surface area contributed by atoms with Crippen LogP contribution in [0.3, 0.4) is 0 Å². The van der Waals surface area contributed by atoms with E-state index in [4.69, 9.17) is 0 Å². The summed E-state index contributed by atoms with van der Waals surface area (Å²) < 4.78 is 55.3. The van der Waals surface area contributed by atoms with Crippen LogP contribution < -0.4 is 4.72 Å². The van der Waals surface area contributed by atoms with E-state index in [-0.39, 0.29) is 17.5 Å². The van der Waals surface area contributed by atoms with Gasteiger partial charge in [-0.05, 0) is 44.6 Å². The minimum atomic E-state index is -3.68. The lowest BCUT2D eigenvalue weighted by atomic mass is 10.0. The zero-order valence-corrected chi connectivity index (χ0v) is 17.8. The Bertz CT molecular complexity index is 962. The molecule has 0 aromatic carbocycles. The van der Waals surface area contributed by atoms with Crippen molar-refractivity contribution in [3.05, 3.63) is 28.9 Å². The normalized spacial score (nSPS) is 19.4. The molecule has 3 heterocycles. The van der Waals surface area contributed by atoms with Crippen LogP contribution in [0.1, 0.15) is 37.1 Å². The highest BCUT2D eigenvalue weighted by atomic mass is 32.2. The number of hydrogen-bond acceptors (Lipinski definition) is 6. The zero-order valence-electron chi connectivity index (χ0n) is 15.3. The molecule has 0 aliphatic carbocycles. The van der Waals surface area contributed by atoms with Crippen molar-refractivity contribution in [1.82, 2.24) is 19.2 Å². The minimum absolute atomic E-state index is 0.161. The second-order valence-corrected chi connectivity index (χ2v) is 11.4. The van der Waals surface area contributed by atoms with Crippen LogP contribution in [0, 0.1) is 13.8 Å². The number of aromatic amines is 1. The fourth-order valence-corrected chi connectivity index (χ4v) is 7.73. The van der Waals surface area contributed by atoms with Crippen LogP contribution >= 0.6 is 11.3 Å². The topological polar surface area (TPSA) is 112 Å². The van der Waals surface area contributed by atoms with Gasteiger partial charge in [-0.15, -0.1) is 11.3 Å². The Morgan fingerprint density at radius 2 is 2.07 bits per heavy atom. The molecule has 2 aromatic heterocycles. The molecule has 0 radical (unpaired) electrons. The Balaban J connectivity index is 1.69. The number of hydrogen-bond donors (Lipinski definition) is 2. The van der Waals surface area contributed by atoms with Gasteiger partial charge in [0.25, 0.3) is 10.0 Å². The predicted molar refractivity (Wildman–Crippen MR) is 104 cm³/mol. The number of sulfonamides is 2. The molecule has 27 heavy (non-hydrogen) atoms. The molecule has 0 spiro atoms. The summed E-state index contributed by atoms with van der Waals surface area (Å²) in [4.78, 5) is 0.161. The van der Waals surface area contributed by atoms with E-state index in [2.05, 4.69) is 14.9 Å². The van der Waals surface area contributed by atoms with E-state index >= 15 is 0 Å². The number of nitrogens with zero attached hydrogens (tertiary/aromatic N) is 2. The van der Waals surface area contributed by atoms with Gasteiger partial charge in [0.2, 0.25) is 10.0 Å². The monoisotopic (exact) mass is 432 g/mol. The number of aryl methyl sites for hydroxylation is 2. The Morgan fingerprint density at radius 1 is 1.30 bits per heavy atom. The Morgan fingerprint density at radius 3 is 2.70 bits per heavy atom. The third-order valence-electron chi connectivity index (χ3n) is 4.73. The van der Waals surface area contributed by atoms with E-state index < -0.39 is 20.0 Å². The lowest BCUT2D eigenvalue weighted by molar-refractivity contribution is 0.242. The van der Waals surface area contributed by atoms with Gasteiger partial charge in [-0.2, -0.15) is 9.40 Å². The molecule has 0 amide bonds. The lowest BCUT2D eigenvalue weighted by Gasteiger charge is -2.34. The first-order valence-corrected chi connectivity index (χ1v) is 12.6. The third kappa shape index (κ3) is 4.27. The maximum absolute atomic E-state index is 12.9. The SMILES string of the molecule is Cc1n[nH]c(C)c1S(=O)(=O)NCCC1CCCCN1S(=O)(=O)c1cccs1. The first-order valence-electron chi connectivity index (χ1n) is 8.80. The molecule has 2 N–H and O–H groups in total. The number of piperidine rings is 1. The fraction of sp³-hybridized carbons (Fsp3) is 0.562. The van der Waals surface area contributed by atoms with Crippen molar-refractivity contribution in [2.24, 2.45) is 0 Å². The highest BCUT2D eigenvalue weighted by Crippen LogP contribution is 2.29. The Kier molecular flexibility index (Phi) is 6.06. The van der Waals surface area contributed by atoms with Crippen molar-refractivity contribution >= 4 is 31.4 Å². The van der Waals surface area contributed by atoms with E-state index in [1.807, 2.05) is 0 Å². The first kappa shape index (κ1) is 20.5. The average Bonchev–Trinajstić information content (AvgIpc) is 3.26. The van der Waals surface area contributed by atoms with Crippen molar-refractivity contribution in [3.8, 4) is 0 Å². The summed E-state index contributed by atoms with van der Waals surface area (Å²) in [6.07, 6.45) is 2.92. The summed E-state index contributed by atoms with van der Waals surface area (Å²) in [6.45, 7) is 3.94. The van der Waals surface area contributed by atoms with Crippen molar-refractivity contribution in [3.63, 3.8) is 0 Å². The molecule has 1 atom stereocenters. The molecule has 1 saturated heterocycles. The van der Waals surface area contributed by atoms with E-state index in [1.165, 1.54) is 15.6 Å². The summed E-state index contributed by atoms with van der Waals surface area (Å²) in [7, 11) is -7.22. The quantitative estimate of drug-likeness (QED) is 0.695. The van der Waals surface area contributed by atoms with Crippen molar-refractivity contribution in [1.29, 1.82) is 0 Å². The van der Waals surface area contributed by atoms with Crippen LogP contribution in [0.2, 0.25) is 0 Å².